The molecule has 1 aliphatic rings. The van der Waals surface area contributed by atoms with Crippen LogP contribution in [0.5, 0.6) is 11.5 Å². The van der Waals surface area contributed by atoms with Gasteiger partial charge in [0.15, 0.2) is 0 Å². The maximum Gasteiger partial charge on any atom is 0.315 e. The van der Waals surface area contributed by atoms with Crippen molar-refractivity contribution in [1.29, 1.82) is 0 Å². The molecular weight excluding hydrogens is 228 g/mol. The lowest BCUT2D eigenvalue weighted by molar-refractivity contribution is -0.137. The Hall–Kier alpha value is -2.29. The minimum Gasteiger partial charge on any atom is -0.481 e. The molecule has 1 aliphatic heterocycles. The molecule has 0 radical (unpaired) electrons. The van der Waals surface area contributed by atoms with E-state index >= 15 is 0 Å². The molecule has 2 aromatic rings. The van der Waals surface area contributed by atoms with Crippen LogP contribution >= 0.6 is 0 Å². The first-order chi connectivity index (χ1) is 8.66. The Bertz CT molecular complexity index is 631. The monoisotopic (exact) mass is 240 g/mol. The number of carboxylic acid groups (broad SMARTS) is 1. The molecule has 0 bridgehead atoms. The number of carboxylic acids is 1. The van der Waals surface area contributed by atoms with Crippen LogP contribution in [0.15, 0.2) is 42.5 Å². The summed E-state index contributed by atoms with van der Waals surface area (Å²) in [5.41, 5.74) is 2.47. The van der Waals surface area contributed by atoms with Crippen molar-refractivity contribution in [3.63, 3.8) is 0 Å². The second-order valence-corrected chi connectivity index (χ2v) is 4.45. The van der Waals surface area contributed by atoms with Crippen molar-refractivity contribution in [3.05, 3.63) is 59.2 Å². The third-order valence-electron chi connectivity index (χ3n) is 3.17. The van der Waals surface area contributed by atoms with Gasteiger partial charge in [0.1, 0.15) is 17.4 Å². The van der Waals surface area contributed by atoms with Crippen molar-refractivity contribution in [2.75, 3.05) is 0 Å². The number of hydrogen-bond donors (Lipinski definition) is 1. The Balaban J connectivity index is 2.24. The second kappa shape index (κ2) is 3.88. The zero-order valence-electron chi connectivity index (χ0n) is 9.88. The minimum absolute atomic E-state index is 0.626. The summed E-state index contributed by atoms with van der Waals surface area (Å²) >= 11 is 0. The molecule has 1 atom stereocenters. The third-order valence-corrected chi connectivity index (χ3v) is 3.17. The maximum atomic E-state index is 11.5. The third kappa shape index (κ3) is 1.56. The van der Waals surface area contributed by atoms with Crippen molar-refractivity contribution in [2.45, 2.75) is 12.8 Å². The lowest BCUT2D eigenvalue weighted by atomic mass is 9.87. The van der Waals surface area contributed by atoms with Gasteiger partial charge in [0, 0.05) is 11.1 Å². The topological polar surface area (TPSA) is 46.5 Å². The van der Waals surface area contributed by atoms with Gasteiger partial charge in [0.25, 0.3) is 0 Å². The zero-order valence-corrected chi connectivity index (χ0v) is 9.88. The van der Waals surface area contributed by atoms with Gasteiger partial charge in [0.05, 0.1) is 0 Å². The molecule has 0 spiro atoms. The highest BCUT2D eigenvalue weighted by molar-refractivity contribution is 5.83. The average Bonchev–Trinajstić information content (AvgIpc) is 2.35. The van der Waals surface area contributed by atoms with Gasteiger partial charge in [0.2, 0.25) is 0 Å². The minimum atomic E-state index is -0.849. The smallest absolute Gasteiger partial charge is 0.315 e. The van der Waals surface area contributed by atoms with Gasteiger partial charge in [-0.2, -0.15) is 0 Å². The number of aliphatic carboxylic acids is 1. The predicted molar refractivity (Wildman–Crippen MR) is 67.2 cm³/mol. The number of rotatable bonds is 1. The molecule has 0 amide bonds. The average molecular weight is 240 g/mol. The molecule has 0 fully saturated rings. The van der Waals surface area contributed by atoms with Crippen LogP contribution in [-0.4, -0.2) is 11.1 Å². The summed E-state index contributed by atoms with van der Waals surface area (Å²) in [6, 6.07) is 12.9. The molecule has 3 nitrogen and oxygen atoms in total. The number of hydrogen-bond acceptors (Lipinski definition) is 2. The molecule has 18 heavy (non-hydrogen) atoms. The van der Waals surface area contributed by atoms with Gasteiger partial charge in [-0.1, -0.05) is 35.9 Å². The standard InChI is InChI=1S/C15H12O3/c1-9-6-7-13-11(8-9)14(15(16)17)10-4-2-3-5-12(10)18-13/h2-8,14H,1H3,(H,16,17)/t14-/m1/s1. The van der Waals surface area contributed by atoms with Gasteiger partial charge < -0.3 is 9.84 Å². The molecule has 0 saturated heterocycles. The van der Waals surface area contributed by atoms with Crippen molar-refractivity contribution in [2.24, 2.45) is 0 Å². The van der Waals surface area contributed by atoms with Gasteiger partial charge >= 0.3 is 5.97 Å². The fourth-order valence-corrected chi connectivity index (χ4v) is 2.35. The Kier molecular flexibility index (Phi) is 2.33. The molecular formula is C15H12O3. The molecule has 3 heteroatoms. The van der Waals surface area contributed by atoms with Crippen LogP contribution in [0.25, 0.3) is 0 Å². The highest BCUT2D eigenvalue weighted by Gasteiger charge is 2.32. The number of carbonyl (C=O) groups is 1. The molecule has 3 rings (SSSR count). The number of fused-ring (bicyclic) bond motifs is 2. The first-order valence-electron chi connectivity index (χ1n) is 5.77. The molecule has 1 heterocycles. The van der Waals surface area contributed by atoms with Crippen molar-refractivity contribution in [1.82, 2.24) is 0 Å². The fourth-order valence-electron chi connectivity index (χ4n) is 2.35. The van der Waals surface area contributed by atoms with E-state index in [0.717, 1.165) is 11.1 Å². The van der Waals surface area contributed by atoms with Gasteiger partial charge in [-0.15, -0.1) is 0 Å². The molecule has 1 N–H and O–H groups in total. The number of aryl methyl sites for hydroxylation is 1. The van der Waals surface area contributed by atoms with E-state index in [1.165, 1.54) is 0 Å². The van der Waals surface area contributed by atoms with Gasteiger partial charge in [-0.25, -0.2) is 0 Å². The summed E-state index contributed by atoms with van der Waals surface area (Å²) in [5.74, 6) is -0.240. The SMILES string of the molecule is Cc1ccc2c(c1)[C@H](C(=O)O)c1ccccc1O2. The second-order valence-electron chi connectivity index (χ2n) is 4.45. The number of ether oxygens (including phenoxy) is 1. The molecule has 90 valence electrons. The van der Waals surface area contributed by atoms with Crippen LogP contribution in [0.3, 0.4) is 0 Å². The summed E-state index contributed by atoms with van der Waals surface area (Å²) in [6.07, 6.45) is 0. The quantitative estimate of drug-likeness (QED) is 0.831. The number of benzene rings is 2. The van der Waals surface area contributed by atoms with Crippen LogP contribution in [0.4, 0.5) is 0 Å². The maximum absolute atomic E-state index is 11.5. The van der Waals surface area contributed by atoms with Crippen LogP contribution < -0.4 is 4.74 Å². The summed E-state index contributed by atoms with van der Waals surface area (Å²) in [4.78, 5) is 11.5. The highest BCUT2D eigenvalue weighted by Crippen LogP contribution is 2.44. The normalized spacial score (nSPS) is 16.4. The van der Waals surface area contributed by atoms with E-state index < -0.39 is 11.9 Å². The summed E-state index contributed by atoms with van der Waals surface area (Å²) in [6.45, 7) is 1.94. The van der Waals surface area contributed by atoms with E-state index in [1.54, 1.807) is 12.1 Å². The van der Waals surface area contributed by atoms with E-state index in [4.69, 9.17) is 4.74 Å². The predicted octanol–water partition coefficient (Wildman–Crippen LogP) is 3.32. The van der Waals surface area contributed by atoms with E-state index in [-0.39, 0.29) is 0 Å². The van der Waals surface area contributed by atoms with E-state index in [1.807, 2.05) is 37.3 Å². The van der Waals surface area contributed by atoms with E-state index in [9.17, 15) is 9.90 Å². The lowest BCUT2D eigenvalue weighted by Crippen LogP contribution is -2.18. The zero-order chi connectivity index (χ0) is 12.7. The fraction of sp³-hybridized carbons (Fsp3) is 0.133. The van der Waals surface area contributed by atoms with Gasteiger partial charge in [-0.3, -0.25) is 4.79 Å². The van der Waals surface area contributed by atoms with Crippen molar-refractivity contribution < 1.29 is 14.6 Å². The van der Waals surface area contributed by atoms with E-state index in [0.29, 0.717) is 17.1 Å². The first-order valence-corrected chi connectivity index (χ1v) is 5.77. The Morgan fingerprint density at radius 3 is 2.61 bits per heavy atom. The van der Waals surface area contributed by atoms with Crippen LogP contribution in [-0.2, 0) is 4.79 Å². The van der Waals surface area contributed by atoms with Crippen molar-refractivity contribution >= 4 is 5.97 Å². The van der Waals surface area contributed by atoms with Crippen LogP contribution in [0, 0.1) is 6.92 Å². The molecule has 0 unspecified atom stereocenters. The summed E-state index contributed by atoms with van der Waals surface area (Å²) < 4.78 is 5.75. The Labute approximate surface area is 105 Å². The highest BCUT2D eigenvalue weighted by atomic mass is 16.5. The Morgan fingerprint density at radius 1 is 1.11 bits per heavy atom. The number of para-hydroxylation sites is 1. The summed E-state index contributed by atoms with van der Waals surface area (Å²) in [5, 5.41) is 9.47. The molecule has 0 aromatic heterocycles. The lowest BCUT2D eigenvalue weighted by Gasteiger charge is -2.25. The molecule has 0 aliphatic carbocycles. The van der Waals surface area contributed by atoms with Crippen LogP contribution in [0.2, 0.25) is 0 Å². The summed E-state index contributed by atoms with van der Waals surface area (Å²) in [7, 11) is 0. The first kappa shape index (κ1) is 10.8. The van der Waals surface area contributed by atoms with E-state index in [2.05, 4.69) is 0 Å². The molecule has 2 aromatic carbocycles. The Morgan fingerprint density at radius 2 is 1.83 bits per heavy atom. The largest absolute Gasteiger partial charge is 0.481 e. The van der Waals surface area contributed by atoms with Crippen LogP contribution in [0.1, 0.15) is 22.6 Å². The molecule has 0 saturated carbocycles. The van der Waals surface area contributed by atoms with Gasteiger partial charge in [-0.05, 0) is 19.1 Å². The van der Waals surface area contributed by atoms with Crippen molar-refractivity contribution in [3.8, 4) is 11.5 Å².